The van der Waals surface area contributed by atoms with Crippen molar-refractivity contribution in [1.82, 2.24) is 4.98 Å². The van der Waals surface area contributed by atoms with Crippen LogP contribution in [0.5, 0.6) is 11.5 Å². The van der Waals surface area contributed by atoms with Gasteiger partial charge in [0.05, 0.1) is 12.6 Å². The van der Waals surface area contributed by atoms with E-state index in [9.17, 15) is 9.90 Å². The number of aromatic nitrogens is 1. The van der Waals surface area contributed by atoms with Crippen molar-refractivity contribution in [1.29, 1.82) is 0 Å². The lowest BCUT2D eigenvalue weighted by atomic mass is 10.2. The van der Waals surface area contributed by atoms with Gasteiger partial charge in [-0.15, -0.1) is 0 Å². The van der Waals surface area contributed by atoms with Crippen molar-refractivity contribution in [3.63, 3.8) is 0 Å². The van der Waals surface area contributed by atoms with Crippen LogP contribution in [0.4, 0.5) is 0 Å². The normalized spacial score (nSPS) is 10.3. The van der Waals surface area contributed by atoms with E-state index in [1.807, 2.05) is 0 Å². The molecule has 0 aliphatic rings. The standard InChI is InChI=1S/C11H9NO4/c1-16-7-3-2-6-4-9(13)10(11(14)15)12-8(6)5-7/h2-5,13H,1H3,(H,14,15). The van der Waals surface area contributed by atoms with Gasteiger partial charge in [0.2, 0.25) is 0 Å². The van der Waals surface area contributed by atoms with E-state index >= 15 is 0 Å². The summed E-state index contributed by atoms with van der Waals surface area (Å²) in [5.41, 5.74) is 0.107. The van der Waals surface area contributed by atoms with Crippen LogP contribution in [0.3, 0.4) is 0 Å². The number of hydrogen-bond acceptors (Lipinski definition) is 4. The Hall–Kier alpha value is -2.30. The molecule has 16 heavy (non-hydrogen) atoms. The minimum absolute atomic E-state index is 0.342. The third-order valence-corrected chi connectivity index (χ3v) is 2.21. The lowest BCUT2D eigenvalue weighted by Gasteiger charge is -2.04. The van der Waals surface area contributed by atoms with Gasteiger partial charge in [-0.2, -0.15) is 0 Å². The number of benzene rings is 1. The molecule has 5 nitrogen and oxygen atoms in total. The molecule has 0 unspecified atom stereocenters. The molecule has 0 saturated heterocycles. The quantitative estimate of drug-likeness (QED) is 0.802. The number of pyridine rings is 1. The van der Waals surface area contributed by atoms with E-state index in [0.717, 1.165) is 0 Å². The molecule has 0 bridgehead atoms. The van der Waals surface area contributed by atoms with Crippen LogP contribution in [0.2, 0.25) is 0 Å². The number of rotatable bonds is 2. The van der Waals surface area contributed by atoms with Crippen LogP contribution in [-0.4, -0.2) is 28.3 Å². The van der Waals surface area contributed by atoms with Crippen LogP contribution in [0.15, 0.2) is 24.3 Å². The van der Waals surface area contributed by atoms with Crippen molar-refractivity contribution >= 4 is 16.9 Å². The first kappa shape index (κ1) is 10.2. The summed E-state index contributed by atoms with van der Waals surface area (Å²) in [5, 5.41) is 18.9. The minimum Gasteiger partial charge on any atom is -0.505 e. The topological polar surface area (TPSA) is 79.7 Å². The van der Waals surface area contributed by atoms with Crippen molar-refractivity contribution in [2.45, 2.75) is 0 Å². The third kappa shape index (κ3) is 1.63. The SMILES string of the molecule is COc1ccc2cc(O)c(C(=O)O)nc2c1. The van der Waals surface area contributed by atoms with Crippen molar-refractivity contribution in [3.05, 3.63) is 30.0 Å². The Bertz CT molecular complexity index is 565. The summed E-state index contributed by atoms with van der Waals surface area (Å²) in [7, 11) is 1.51. The van der Waals surface area contributed by atoms with Gasteiger partial charge in [-0.25, -0.2) is 9.78 Å². The van der Waals surface area contributed by atoms with Gasteiger partial charge >= 0.3 is 5.97 Å². The zero-order valence-electron chi connectivity index (χ0n) is 8.47. The summed E-state index contributed by atoms with van der Waals surface area (Å²) in [6.07, 6.45) is 0. The fraction of sp³-hybridized carbons (Fsp3) is 0.0909. The van der Waals surface area contributed by atoms with E-state index in [-0.39, 0.29) is 11.4 Å². The van der Waals surface area contributed by atoms with Crippen LogP contribution in [0.25, 0.3) is 10.9 Å². The Morgan fingerprint density at radius 3 is 2.75 bits per heavy atom. The van der Waals surface area contributed by atoms with Crippen LogP contribution < -0.4 is 4.74 Å². The summed E-state index contributed by atoms with van der Waals surface area (Å²) >= 11 is 0. The second-order valence-electron chi connectivity index (χ2n) is 3.22. The maximum absolute atomic E-state index is 10.8. The molecule has 5 heteroatoms. The molecule has 2 N–H and O–H groups in total. The summed E-state index contributed by atoms with van der Waals surface area (Å²) in [4.78, 5) is 14.6. The summed E-state index contributed by atoms with van der Waals surface area (Å²) in [6.45, 7) is 0. The molecule has 1 aromatic carbocycles. The predicted octanol–water partition coefficient (Wildman–Crippen LogP) is 1.65. The molecular weight excluding hydrogens is 210 g/mol. The van der Waals surface area contributed by atoms with E-state index in [4.69, 9.17) is 9.84 Å². The molecule has 0 atom stereocenters. The van der Waals surface area contributed by atoms with Gasteiger partial charge in [0.25, 0.3) is 0 Å². The molecule has 82 valence electrons. The minimum atomic E-state index is -1.26. The van der Waals surface area contributed by atoms with E-state index in [1.165, 1.54) is 13.2 Å². The molecular formula is C11H9NO4. The first-order valence-corrected chi connectivity index (χ1v) is 4.53. The fourth-order valence-electron chi connectivity index (χ4n) is 1.42. The Balaban J connectivity index is 2.70. The molecule has 1 aromatic heterocycles. The molecule has 0 amide bonds. The number of nitrogens with zero attached hydrogens (tertiary/aromatic N) is 1. The first-order valence-electron chi connectivity index (χ1n) is 4.53. The number of fused-ring (bicyclic) bond motifs is 1. The molecule has 0 saturated carbocycles. The Labute approximate surface area is 90.9 Å². The van der Waals surface area contributed by atoms with Crippen LogP contribution >= 0.6 is 0 Å². The highest BCUT2D eigenvalue weighted by Gasteiger charge is 2.12. The molecule has 0 aliphatic heterocycles. The van der Waals surface area contributed by atoms with Crippen molar-refractivity contribution < 1.29 is 19.7 Å². The first-order chi connectivity index (χ1) is 7.61. The van der Waals surface area contributed by atoms with Crippen LogP contribution in [0.1, 0.15) is 10.5 Å². The molecule has 1 heterocycles. The number of aromatic hydroxyl groups is 1. The largest absolute Gasteiger partial charge is 0.505 e. The number of carboxylic acids is 1. The van der Waals surface area contributed by atoms with E-state index < -0.39 is 5.97 Å². The van der Waals surface area contributed by atoms with E-state index in [1.54, 1.807) is 18.2 Å². The third-order valence-electron chi connectivity index (χ3n) is 2.21. The highest BCUT2D eigenvalue weighted by atomic mass is 16.5. The summed E-state index contributed by atoms with van der Waals surface area (Å²) in [5.74, 6) is -1.02. The fourth-order valence-corrected chi connectivity index (χ4v) is 1.42. The second-order valence-corrected chi connectivity index (χ2v) is 3.22. The second kappa shape index (κ2) is 3.69. The molecule has 0 radical (unpaired) electrons. The van der Waals surface area contributed by atoms with Gasteiger partial charge in [-0.3, -0.25) is 0 Å². The highest BCUT2D eigenvalue weighted by molar-refractivity contribution is 5.93. The number of carbonyl (C=O) groups is 1. The van der Waals surface area contributed by atoms with E-state index in [2.05, 4.69) is 4.98 Å². The van der Waals surface area contributed by atoms with Crippen molar-refractivity contribution in [2.75, 3.05) is 7.11 Å². The molecule has 0 aliphatic carbocycles. The number of ether oxygens (including phenoxy) is 1. The van der Waals surface area contributed by atoms with Gasteiger partial charge in [-0.1, -0.05) is 0 Å². The zero-order chi connectivity index (χ0) is 11.7. The van der Waals surface area contributed by atoms with Crippen LogP contribution in [-0.2, 0) is 0 Å². The maximum atomic E-state index is 10.8. The maximum Gasteiger partial charge on any atom is 0.358 e. The Morgan fingerprint density at radius 2 is 2.12 bits per heavy atom. The average Bonchev–Trinajstić information content (AvgIpc) is 2.27. The van der Waals surface area contributed by atoms with Gasteiger partial charge in [-0.05, 0) is 18.2 Å². The zero-order valence-corrected chi connectivity index (χ0v) is 8.47. The molecule has 0 fully saturated rings. The predicted molar refractivity (Wildman–Crippen MR) is 56.9 cm³/mol. The lowest BCUT2D eigenvalue weighted by Crippen LogP contribution is -2.00. The molecule has 0 spiro atoms. The summed E-state index contributed by atoms with van der Waals surface area (Å²) in [6, 6.07) is 6.39. The number of hydrogen-bond donors (Lipinski definition) is 2. The van der Waals surface area contributed by atoms with Gasteiger partial charge < -0.3 is 14.9 Å². The average molecular weight is 219 g/mol. The lowest BCUT2D eigenvalue weighted by molar-refractivity contribution is 0.0687. The van der Waals surface area contributed by atoms with Crippen molar-refractivity contribution in [2.24, 2.45) is 0 Å². The van der Waals surface area contributed by atoms with E-state index in [0.29, 0.717) is 16.7 Å². The molecule has 2 rings (SSSR count). The number of aromatic carboxylic acids is 1. The molecule has 2 aromatic rings. The highest BCUT2D eigenvalue weighted by Crippen LogP contribution is 2.24. The van der Waals surface area contributed by atoms with Crippen LogP contribution in [0, 0.1) is 0 Å². The monoisotopic (exact) mass is 219 g/mol. The smallest absolute Gasteiger partial charge is 0.358 e. The van der Waals surface area contributed by atoms with Gasteiger partial charge in [0.1, 0.15) is 11.5 Å². The Morgan fingerprint density at radius 1 is 1.38 bits per heavy atom. The number of methoxy groups -OCH3 is 1. The summed E-state index contributed by atoms with van der Waals surface area (Å²) < 4.78 is 5.00. The van der Waals surface area contributed by atoms with Crippen molar-refractivity contribution in [3.8, 4) is 11.5 Å². The Kier molecular flexibility index (Phi) is 2.36. The number of carboxylic acid groups (broad SMARTS) is 1. The van der Waals surface area contributed by atoms with Gasteiger partial charge in [0, 0.05) is 11.5 Å². The van der Waals surface area contributed by atoms with Gasteiger partial charge in [0.15, 0.2) is 5.69 Å².